The van der Waals surface area contributed by atoms with Crippen LogP contribution in [0.15, 0.2) is 34.1 Å². The van der Waals surface area contributed by atoms with Crippen LogP contribution in [0.2, 0.25) is 5.02 Å². The highest BCUT2D eigenvalue weighted by Gasteiger charge is 2.10. The van der Waals surface area contributed by atoms with E-state index in [1.54, 1.807) is 6.07 Å². The van der Waals surface area contributed by atoms with Crippen molar-refractivity contribution < 1.29 is 0 Å². The lowest BCUT2D eigenvalue weighted by Crippen LogP contribution is -2.35. The number of H-pyrrole nitrogens is 1. The summed E-state index contributed by atoms with van der Waals surface area (Å²) in [6, 6.07) is 3.59. The molecule has 0 bridgehead atoms. The highest BCUT2D eigenvalue weighted by atomic mass is 35.5. The molecule has 0 fully saturated rings. The standard InChI is InChI=1S/C12H11ClN2O2/c1-7-3-4-9(13)8(2)10(7)15-6-5-14-11(16)12(15)17/h3-6H,1-2H3,(H,14,16). The zero-order valence-corrected chi connectivity index (χ0v) is 10.2. The third-order valence-corrected chi connectivity index (χ3v) is 3.07. The van der Waals surface area contributed by atoms with Gasteiger partial charge in [0.1, 0.15) is 0 Å². The Morgan fingerprint density at radius 1 is 1.24 bits per heavy atom. The van der Waals surface area contributed by atoms with Crippen LogP contribution in [-0.4, -0.2) is 9.55 Å². The minimum Gasteiger partial charge on any atom is -0.323 e. The van der Waals surface area contributed by atoms with Crippen LogP contribution in [0.3, 0.4) is 0 Å². The van der Waals surface area contributed by atoms with Crippen molar-refractivity contribution in [1.82, 2.24) is 9.55 Å². The molecule has 0 aliphatic heterocycles. The zero-order valence-electron chi connectivity index (χ0n) is 9.45. The van der Waals surface area contributed by atoms with Crippen LogP contribution in [0.1, 0.15) is 11.1 Å². The molecule has 5 heteroatoms. The summed E-state index contributed by atoms with van der Waals surface area (Å²) in [5.74, 6) is 0. The van der Waals surface area contributed by atoms with E-state index in [4.69, 9.17) is 11.6 Å². The van der Waals surface area contributed by atoms with Crippen LogP contribution in [0.4, 0.5) is 0 Å². The van der Waals surface area contributed by atoms with Crippen molar-refractivity contribution in [3.8, 4) is 5.69 Å². The quantitative estimate of drug-likeness (QED) is 0.785. The molecule has 0 aliphatic rings. The van der Waals surface area contributed by atoms with E-state index >= 15 is 0 Å². The number of hydrogen-bond donors (Lipinski definition) is 1. The fraction of sp³-hybridized carbons (Fsp3) is 0.167. The van der Waals surface area contributed by atoms with Gasteiger partial charge in [-0.15, -0.1) is 0 Å². The van der Waals surface area contributed by atoms with Crippen LogP contribution in [0, 0.1) is 13.8 Å². The molecule has 88 valence electrons. The first-order chi connectivity index (χ1) is 8.02. The molecule has 17 heavy (non-hydrogen) atoms. The summed E-state index contributed by atoms with van der Waals surface area (Å²) in [7, 11) is 0. The first-order valence-corrected chi connectivity index (χ1v) is 5.46. The van der Waals surface area contributed by atoms with Crippen molar-refractivity contribution in [2.24, 2.45) is 0 Å². The number of aryl methyl sites for hydroxylation is 1. The highest BCUT2D eigenvalue weighted by Crippen LogP contribution is 2.24. The Bertz CT molecular complexity index is 686. The normalized spacial score (nSPS) is 10.5. The number of aromatic amines is 1. The summed E-state index contributed by atoms with van der Waals surface area (Å²) >= 11 is 6.03. The maximum absolute atomic E-state index is 11.8. The van der Waals surface area contributed by atoms with Gasteiger partial charge in [0, 0.05) is 17.4 Å². The van der Waals surface area contributed by atoms with E-state index in [-0.39, 0.29) is 0 Å². The number of aromatic nitrogens is 2. The monoisotopic (exact) mass is 250 g/mol. The molecule has 0 amide bonds. The summed E-state index contributed by atoms with van der Waals surface area (Å²) < 4.78 is 1.31. The number of nitrogens with zero attached hydrogens (tertiary/aromatic N) is 1. The summed E-state index contributed by atoms with van der Waals surface area (Å²) in [5, 5.41) is 0.567. The van der Waals surface area contributed by atoms with Gasteiger partial charge in [-0.25, -0.2) is 0 Å². The smallest absolute Gasteiger partial charge is 0.320 e. The van der Waals surface area contributed by atoms with Gasteiger partial charge in [-0.2, -0.15) is 0 Å². The van der Waals surface area contributed by atoms with Gasteiger partial charge in [0.05, 0.1) is 5.69 Å². The van der Waals surface area contributed by atoms with E-state index in [0.717, 1.165) is 11.1 Å². The van der Waals surface area contributed by atoms with Crippen LogP contribution in [0.25, 0.3) is 5.69 Å². The number of nitrogens with one attached hydrogen (secondary N) is 1. The maximum Gasteiger partial charge on any atom is 0.320 e. The molecule has 0 saturated heterocycles. The van der Waals surface area contributed by atoms with Crippen molar-refractivity contribution in [3.63, 3.8) is 0 Å². The summed E-state index contributed by atoms with van der Waals surface area (Å²) in [6.45, 7) is 3.69. The van der Waals surface area contributed by atoms with Gasteiger partial charge in [-0.1, -0.05) is 17.7 Å². The lowest BCUT2D eigenvalue weighted by molar-refractivity contribution is 0.912. The van der Waals surface area contributed by atoms with E-state index in [2.05, 4.69) is 4.98 Å². The highest BCUT2D eigenvalue weighted by molar-refractivity contribution is 6.31. The fourth-order valence-electron chi connectivity index (χ4n) is 1.78. The van der Waals surface area contributed by atoms with Gasteiger partial charge in [-0.05, 0) is 31.0 Å². The number of hydrogen-bond acceptors (Lipinski definition) is 2. The molecule has 0 radical (unpaired) electrons. The Labute approximate surface area is 102 Å². The van der Waals surface area contributed by atoms with Crippen molar-refractivity contribution in [2.45, 2.75) is 13.8 Å². The SMILES string of the molecule is Cc1ccc(Cl)c(C)c1-n1cc[nH]c(=O)c1=O. The summed E-state index contributed by atoms with van der Waals surface area (Å²) in [4.78, 5) is 25.4. The van der Waals surface area contributed by atoms with Crippen LogP contribution < -0.4 is 11.1 Å². The molecule has 2 aromatic rings. The van der Waals surface area contributed by atoms with Crippen LogP contribution in [-0.2, 0) is 0 Å². The van der Waals surface area contributed by atoms with Gasteiger partial charge in [0.15, 0.2) is 0 Å². The van der Waals surface area contributed by atoms with E-state index in [0.29, 0.717) is 10.7 Å². The van der Waals surface area contributed by atoms with Crippen molar-refractivity contribution in [2.75, 3.05) is 0 Å². The molecule has 1 aromatic heterocycles. The molecule has 2 rings (SSSR count). The van der Waals surface area contributed by atoms with Gasteiger partial charge in [0.25, 0.3) is 0 Å². The molecule has 0 atom stereocenters. The Balaban J connectivity index is 2.87. The number of benzene rings is 1. The Morgan fingerprint density at radius 2 is 1.94 bits per heavy atom. The van der Waals surface area contributed by atoms with E-state index in [1.165, 1.54) is 17.0 Å². The Morgan fingerprint density at radius 3 is 2.65 bits per heavy atom. The molecule has 1 N–H and O–H groups in total. The minimum absolute atomic E-state index is 0.567. The lowest BCUT2D eigenvalue weighted by Gasteiger charge is -2.12. The average Bonchev–Trinajstić information content (AvgIpc) is 2.30. The molecule has 1 heterocycles. The predicted molar refractivity (Wildman–Crippen MR) is 67.1 cm³/mol. The molecule has 0 unspecified atom stereocenters. The molecular formula is C12H11ClN2O2. The van der Waals surface area contributed by atoms with Gasteiger partial charge in [0.2, 0.25) is 0 Å². The molecule has 0 aliphatic carbocycles. The van der Waals surface area contributed by atoms with Crippen molar-refractivity contribution in [3.05, 3.63) is 61.4 Å². The molecular weight excluding hydrogens is 240 g/mol. The van der Waals surface area contributed by atoms with Crippen molar-refractivity contribution >= 4 is 11.6 Å². The second-order valence-electron chi connectivity index (χ2n) is 3.80. The largest absolute Gasteiger partial charge is 0.323 e. The topological polar surface area (TPSA) is 54.9 Å². The fourth-order valence-corrected chi connectivity index (χ4v) is 1.94. The van der Waals surface area contributed by atoms with E-state index < -0.39 is 11.1 Å². The van der Waals surface area contributed by atoms with Crippen LogP contribution >= 0.6 is 11.6 Å². The molecule has 0 spiro atoms. The second-order valence-corrected chi connectivity index (χ2v) is 4.21. The number of halogens is 1. The average molecular weight is 251 g/mol. The Kier molecular flexibility index (Phi) is 2.90. The van der Waals surface area contributed by atoms with Gasteiger partial charge >= 0.3 is 11.1 Å². The first-order valence-electron chi connectivity index (χ1n) is 5.09. The second kappa shape index (κ2) is 4.22. The first kappa shape index (κ1) is 11.7. The van der Waals surface area contributed by atoms with Gasteiger partial charge < -0.3 is 4.98 Å². The minimum atomic E-state index is -0.647. The molecule has 0 saturated carbocycles. The van der Waals surface area contributed by atoms with E-state index in [1.807, 2.05) is 19.9 Å². The lowest BCUT2D eigenvalue weighted by atomic mass is 10.1. The Hall–Kier alpha value is -1.81. The number of rotatable bonds is 1. The van der Waals surface area contributed by atoms with Crippen LogP contribution in [0.5, 0.6) is 0 Å². The van der Waals surface area contributed by atoms with E-state index in [9.17, 15) is 9.59 Å². The van der Waals surface area contributed by atoms with Gasteiger partial charge in [-0.3, -0.25) is 14.2 Å². The molecule has 4 nitrogen and oxygen atoms in total. The summed E-state index contributed by atoms with van der Waals surface area (Å²) in [5.41, 5.74) is 1.07. The summed E-state index contributed by atoms with van der Waals surface area (Å²) in [6.07, 6.45) is 2.96. The third-order valence-electron chi connectivity index (χ3n) is 2.66. The third kappa shape index (κ3) is 1.91. The zero-order chi connectivity index (χ0) is 12.6. The maximum atomic E-state index is 11.8. The predicted octanol–water partition coefficient (Wildman–Crippen LogP) is 1.80. The van der Waals surface area contributed by atoms with Crippen molar-refractivity contribution in [1.29, 1.82) is 0 Å². The molecule has 1 aromatic carbocycles.